The molecule has 0 aliphatic heterocycles. The Morgan fingerprint density at radius 3 is 2.77 bits per heavy atom. The first kappa shape index (κ1) is 9.28. The Morgan fingerprint density at radius 1 is 1.62 bits per heavy atom. The average Bonchev–Trinajstić information content (AvgIpc) is 2.78. The number of halogens is 1. The monoisotopic (exact) mass is 216 g/mol. The fourth-order valence-corrected chi connectivity index (χ4v) is 2.50. The van der Waals surface area contributed by atoms with Crippen molar-refractivity contribution < 1.29 is 0 Å². The molecule has 1 aliphatic rings. The molecule has 13 heavy (non-hydrogen) atoms. The van der Waals surface area contributed by atoms with Crippen molar-refractivity contribution in [2.75, 3.05) is 5.32 Å². The van der Waals surface area contributed by atoms with Gasteiger partial charge in [0, 0.05) is 10.9 Å². The average molecular weight is 217 g/mol. The lowest BCUT2D eigenvalue weighted by Gasteiger charge is -2.25. The normalized spacial score (nSPS) is 17.5. The summed E-state index contributed by atoms with van der Waals surface area (Å²) in [5.41, 5.74) is 0.168. The molecule has 0 amide bonds. The smallest absolute Gasteiger partial charge is 0.184 e. The van der Waals surface area contributed by atoms with Crippen LogP contribution in [0.1, 0.15) is 26.7 Å². The summed E-state index contributed by atoms with van der Waals surface area (Å²) in [6.45, 7) is 4.44. The van der Waals surface area contributed by atoms with E-state index in [9.17, 15) is 0 Å². The molecular formula is C9H13ClN2S. The van der Waals surface area contributed by atoms with Gasteiger partial charge < -0.3 is 5.32 Å². The highest BCUT2D eigenvalue weighted by Gasteiger charge is 2.38. The molecule has 1 fully saturated rings. The first-order valence-electron chi connectivity index (χ1n) is 4.47. The van der Waals surface area contributed by atoms with Crippen molar-refractivity contribution in [2.45, 2.75) is 32.2 Å². The van der Waals surface area contributed by atoms with Gasteiger partial charge in [-0.05, 0) is 32.6 Å². The molecule has 1 saturated carbocycles. The van der Waals surface area contributed by atoms with E-state index in [1.54, 1.807) is 11.3 Å². The highest BCUT2D eigenvalue weighted by atomic mass is 35.5. The summed E-state index contributed by atoms with van der Waals surface area (Å²) < 4.78 is 0. The Balaban J connectivity index is 2.04. The Hall–Kier alpha value is -0.280. The second-order valence-corrected chi connectivity index (χ2v) is 5.34. The van der Waals surface area contributed by atoms with Gasteiger partial charge in [0.15, 0.2) is 5.13 Å². The number of aromatic nitrogens is 1. The highest BCUT2D eigenvalue weighted by molar-refractivity contribution is 7.14. The molecule has 4 heteroatoms. The molecular weight excluding hydrogens is 204 g/mol. The molecule has 0 atom stereocenters. The molecule has 1 aliphatic carbocycles. The first-order chi connectivity index (χ1) is 6.08. The minimum atomic E-state index is 0.168. The van der Waals surface area contributed by atoms with Crippen LogP contribution >= 0.6 is 22.9 Å². The topological polar surface area (TPSA) is 24.9 Å². The zero-order chi connectivity index (χ0) is 9.47. The summed E-state index contributed by atoms with van der Waals surface area (Å²) in [6.07, 6.45) is 2.66. The lowest BCUT2D eigenvalue weighted by Crippen LogP contribution is -2.33. The SMILES string of the molecule is CC(C)(Nc1nc(Cl)cs1)C1CC1. The fraction of sp³-hybridized carbons (Fsp3) is 0.667. The number of rotatable bonds is 3. The Kier molecular flexibility index (Phi) is 2.24. The van der Waals surface area contributed by atoms with Gasteiger partial charge in [-0.15, -0.1) is 11.3 Å². The zero-order valence-corrected chi connectivity index (χ0v) is 9.37. The lowest BCUT2D eigenvalue weighted by molar-refractivity contribution is 0.494. The maximum absolute atomic E-state index is 5.74. The van der Waals surface area contributed by atoms with Gasteiger partial charge in [-0.2, -0.15) is 0 Å². The second-order valence-electron chi connectivity index (χ2n) is 4.10. The van der Waals surface area contributed by atoms with Crippen molar-refractivity contribution in [3.05, 3.63) is 10.5 Å². The summed E-state index contributed by atoms with van der Waals surface area (Å²) in [5, 5.41) is 6.79. The third-order valence-electron chi connectivity index (χ3n) is 2.50. The Labute approximate surface area is 87.3 Å². The van der Waals surface area contributed by atoms with Crippen LogP contribution in [0.4, 0.5) is 5.13 Å². The highest BCUT2D eigenvalue weighted by Crippen LogP contribution is 2.41. The molecule has 1 heterocycles. The number of nitrogens with zero attached hydrogens (tertiary/aromatic N) is 1. The first-order valence-corrected chi connectivity index (χ1v) is 5.73. The standard InChI is InChI=1S/C9H13ClN2S/c1-9(2,6-3-4-6)12-8-11-7(10)5-13-8/h5-6H,3-4H2,1-2H3,(H,11,12). The van der Waals surface area contributed by atoms with Crippen LogP contribution in [-0.4, -0.2) is 10.5 Å². The van der Waals surface area contributed by atoms with Gasteiger partial charge in [0.25, 0.3) is 0 Å². The molecule has 1 aromatic heterocycles. The van der Waals surface area contributed by atoms with Gasteiger partial charge >= 0.3 is 0 Å². The van der Waals surface area contributed by atoms with Crippen molar-refractivity contribution in [3.8, 4) is 0 Å². The van der Waals surface area contributed by atoms with Crippen molar-refractivity contribution in [1.29, 1.82) is 0 Å². The maximum Gasteiger partial charge on any atom is 0.184 e. The van der Waals surface area contributed by atoms with E-state index >= 15 is 0 Å². The van der Waals surface area contributed by atoms with Gasteiger partial charge in [-0.25, -0.2) is 4.98 Å². The Morgan fingerprint density at radius 2 is 2.31 bits per heavy atom. The number of hydrogen-bond acceptors (Lipinski definition) is 3. The van der Waals surface area contributed by atoms with Crippen LogP contribution in [0, 0.1) is 5.92 Å². The lowest BCUT2D eigenvalue weighted by atomic mass is 9.99. The van der Waals surface area contributed by atoms with E-state index < -0.39 is 0 Å². The van der Waals surface area contributed by atoms with Gasteiger partial charge in [0.05, 0.1) is 0 Å². The molecule has 0 saturated heterocycles. The van der Waals surface area contributed by atoms with Crippen LogP contribution in [0.25, 0.3) is 0 Å². The minimum absolute atomic E-state index is 0.168. The van der Waals surface area contributed by atoms with E-state index in [1.165, 1.54) is 12.8 Å². The molecule has 2 nitrogen and oxygen atoms in total. The summed E-state index contributed by atoms with van der Waals surface area (Å²) in [6, 6.07) is 0. The van der Waals surface area contributed by atoms with Crippen molar-refractivity contribution in [2.24, 2.45) is 5.92 Å². The molecule has 0 spiro atoms. The van der Waals surface area contributed by atoms with Crippen LogP contribution in [-0.2, 0) is 0 Å². The molecule has 72 valence electrons. The molecule has 0 radical (unpaired) electrons. The molecule has 0 unspecified atom stereocenters. The summed E-state index contributed by atoms with van der Waals surface area (Å²) >= 11 is 7.31. The molecule has 1 N–H and O–H groups in total. The number of hydrogen-bond donors (Lipinski definition) is 1. The second kappa shape index (κ2) is 3.14. The van der Waals surface area contributed by atoms with E-state index in [2.05, 4.69) is 24.1 Å². The van der Waals surface area contributed by atoms with Gasteiger partial charge in [-0.1, -0.05) is 11.6 Å². The zero-order valence-electron chi connectivity index (χ0n) is 7.80. The third kappa shape index (κ3) is 2.15. The van der Waals surface area contributed by atoms with Crippen molar-refractivity contribution in [1.82, 2.24) is 4.98 Å². The van der Waals surface area contributed by atoms with Gasteiger partial charge in [0.2, 0.25) is 0 Å². The molecule has 0 bridgehead atoms. The summed E-state index contributed by atoms with van der Waals surface area (Å²) in [7, 11) is 0. The van der Waals surface area contributed by atoms with Gasteiger partial charge in [-0.3, -0.25) is 0 Å². The minimum Gasteiger partial charge on any atom is -0.356 e. The molecule has 1 aromatic rings. The largest absolute Gasteiger partial charge is 0.356 e. The predicted molar refractivity (Wildman–Crippen MR) is 57.5 cm³/mol. The van der Waals surface area contributed by atoms with Crippen LogP contribution in [0.2, 0.25) is 5.15 Å². The number of anilines is 1. The molecule has 2 rings (SSSR count). The number of thiazole rings is 1. The number of nitrogens with one attached hydrogen (secondary N) is 1. The van der Waals surface area contributed by atoms with Crippen molar-refractivity contribution in [3.63, 3.8) is 0 Å². The van der Waals surface area contributed by atoms with Crippen molar-refractivity contribution >= 4 is 28.1 Å². The maximum atomic E-state index is 5.74. The van der Waals surface area contributed by atoms with E-state index in [0.29, 0.717) is 5.15 Å². The Bertz CT molecular complexity index is 304. The van der Waals surface area contributed by atoms with E-state index in [1.807, 2.05) is 5.38 Å². The summed E-state index contributed by atoms with van der Waals surface area (Å²) in [5.74, 6) is 0.801. The van der Waals surface area contributed by atoms with Crippen LogP contribution in [0.3, 0.4) is 0 Å². The van der Waals surface area contributed by atoms with Gasteiger partial charge in [0.1, 0.15) is 5.15 Å². The predicted octanol–water partition coefficient (Wildman–Crippen LogP) is 3.40. The molecule has 0 aromatic carbocycles. The fourth-order valence-electron chi connectivity index (χ4n) is 1.49. The van der Waals surface area contributed by atoms with Crippen LogP contribution in [0.15, 0.2) is 5.38 Å². The van der Waals surface area contributed by atoms with E-state index in [4.69, 9.17) is 11.6 Å². The third-order valence-corrected chi connectivity index (χ3v) is 3.58. The summed E-state index contributed by atoms with van der Waals surface area (Å²) in [4.78, 5) is 4.18. The van der Waals surface area contributed by atoms with E-state index in [-0.39, 0.29) is 5.54 Å². The van der Waals surface area contributed by atoms with Crippen LogP contribution < -0.4 is 5.32 Å². The van der Waals surface area contributed by atoms with E-state index in [0.717, 1.165) is 11.0 Å². The quantitative estimate of drug-likeness (QED) is 0.838. The van der Waals surface area contributed by atoms with Crippen LogP contribution in [0.5, 0.6) is 0 Å².